The Bertz CT molecular complexity index is 451. The average Bonchev–Trinajstić information content (AvgIpc) is 2.57. The molecule has 2 aliphatic rings. The monoisotopic (exact) mass is 320 g/mol. The van der Waals surface area contributed by atoms with Gasteiger partial charge in [0.05, 0.1) is 0 Å². The number of hydrogen-bond donors (Lipinski definition) is 1. The SMILES string of the molecule is Clc1cccc(C(CCN2CCNCC2)C2CCCCC2)c1. The van der Waals surface area contributed by atoms with Gasteiger partial charge in [0.15, 0.2) is 0 Å². The molecule has 2 fully saturated rings. The van der Waals surface area contributed by atoms with Crippen molar-refractivity contribution in [3.8, 4) is 0 Å². The first kappa shape index (κ1) is 16.3. The van der Waals surface area contributed by atoms with Gasteiger partial charge in [-0.25, -0.2) is 0 Å². The highest BCUT2D eigenvalue weighted by Crippen LogP contribution is 2.38. The summed E-state index contributed by atoms with van der Waals surface area (Å²) in [7, 11) is 0. The molecule has 1 aliphatic carbocycles. The van der Waals surface area contributed by atoms with Gasteiger partial charge in [0.25, 0.3) is 0 Å². The summed E-state index contributed by atoms with van der Waals surface area (Å²) in [5.41, 5.74) is 1.47. The molecule has 1 saturated carbocycles. The Balaban J connectivity index is 1.67. The van der Waals surface area contributed by atoms with E-state index >= 15 is 0 Å². The lowest BCUT2D eigenvalue weighted by atomic mass is 9.75. The summed E-state index contributed by atoms with van der Waals surface area (Å²) in [6.45, 7) is 5.92. The molecule has 1 aliphatic heterocycles. The molecule has 0 aromatic heterocycles. The fourth-order valence-electron chi connectivity index (χ4n) is 4.20. The summed E-state index contributed by atoms with van der Waals surface area (Å²) in [6.07, 6.45) is 8.34. The highest BCUT2D eigenvalue weighted by molar-refractivity contribution is 6.30. The normalized spacial score (nSPS) is 22.6. The van der Waals surface area contributed by atoms with E-state index in [1.165, 1.54) is 63.7 Å². The zero-order valence-electron chi connectivity index (χ0n) is 13.6. The van der Waals surface area contributed by atoms with E-state index in [4.69, 9.17) is 11.6 Å². The van der Waals surface area contributed by atoms with Crippen molar-refractivity contribution in [3.05, 3.63) is 34.9 Å². The molecule has 1 N–H and O–H groups in total. The Labute approximate surface area is 140 Å². The quantitative estimate of drug-likeness (QED) is 0.870. The van der Waals surface area contributed by atoms with Crippen molar-refractivity contribution < 1.29 is 0 Å². The van der Waals surface area contributed by atoms with Gasteiger partial charge in [-0.3, -0.25) is 0 Å². The van der Waals surface area contributed by atoms with Crippen LogP contribution < -0.4 is 5.32 Å². The van der Waals surface area contributed by atoms with Crippen LogP contribution in [-0.4, -0.2) is 37.6 Å². The fourth-order valence-corrected chi connectivity index (χ4v) is 4.40. The number of rotatable bonds is 5. The third-order valence-electron chi connectivity index (χ3n) is 5.46. The van der Waals surface area contributed by atoms with E-state index in [0.717, 1.165) is 24.0 Å². The first-order chi connectivity index (χ1) is 10.8. The third-order valence-corrected chi connectivity index (χ3v) is 5.70. The Morgan fingerprint density at radius 3 is 2.64 bits per heavy atom. The van der Waals surface area contributed by atoms with E-state index in [1.807, 2.05) is 6.07 Å². The van der Waals surface area contributed by atoms with Crippen LogP contribution in [0.1, 0.15) is 50.0 Å². The lowest BCUT2D eigenvalue weighted by Gasteiger charge is -2.34. The third kappa shape index (κ3) is 4.47. The second-order valence-electron chi connectivity index (χ2n) is 6.94. The first-order valence-electron chi connectivity index (χ1n) is 9.01. The van der Waals surface area contributed by atoms with Gasteiger partial charge in [-0.15, -0.1) is 0 Å². The van der Waals surface area contributed by atoms with Gasteiger partial charge in [0.2, 0.25) is 0 Å². The molecule has 0 spiro atoms. The maximum absolute atomic E-state index is 6.26. The zero-order valence-corrected chi connectivity index (χ0v) is 14.3. The Hall–Kier alpha value is -0.570. The van der Waals surface area contributed by atoms with Crippen LogP contribution in [0, 0.1) is 5.92 Å². The first-order valence-corrected chi connectivity index (χ1v) is 9.39. The van der Waals surface area contributed by atoms with Crippen molar-refractivity contribution in [2.24, 2.45) is 5.92 Å². The summed E-state index contributed by atoms with van der Waals surface area (Å²) in [5.74, 6) is 1.55. The molecule has 3 heteroatoms. The predicted molar refractivity (Wildman–Crippen MR) is 94.7 cm³/mol. The molecular formula is C19H29ClN2. The number of halogens is 1. The highest BCUT2D eigenvalue weighted by Gasteiger charge is 2.26. The van der Waals surface area contributed by atoms with Crippen LogP contribution in [0.5, 0.6) is 0 Å². The molecule has 1 atom stereocenters. The molecule has 1 aromatic carbocycles. The van der Waals surface area contributed by atoms with Gasteiger partial charge in [-0.1, -0.05) is 43.0 Å². The summed E-state index contributed by atoms with van der Waals surface area (Å²) < 4.78 is 0. The maximum Gasteiger partial charge on any atom is 0.0408 e. The predicted octanol–water partition coefficient (Wildman–Crippen LogP) is 4.30. The van der Waals surface area contributed by atoms with Crippen molar-refractivity contribution >= 4 is 11.6 Å². The molecule has 1 heterocycles. The van der Waals surface area contributed by atoms with E-state index in [2.05, 4.69) is 28.4 Å². The molecular weight excluding hydrogens is 292 g/mol. The van der Waals surface area contributed by atoms with Gasteiger partial charge < -0.3 is 10.2 Å². The van der Waals surface area contributed by atoms with E-state index < -0.39 is 0 Å². The van der Waals surface area contributed by atoms with Gasteiger partial charge in [0, 0.05) is 31.2 Å². The van der Waals surface area contributed by atoms with Gasteiger partial charge >= 0.3 is 0 Å². The minimum atomic E-state index is 0.689. The highest BCUT2D eigenvalue weighted by atomic mass is 35.5. The summed E-state index contributed by atoms with van der Waals surface area (Å²) in [5, 5.41) is 4.34. The van der Waals surface area contributed by atoms with Crippen molar-refractivity contribution in [3.63, 3.8) is 0 Å². The van der Waals surface area contributed by atoms with Crippen LogP contribution in [0.2, 0.25) is 5.02 Å². The largest absolute Gasteiger partial charge is 0.314 e. The van der Waals surface area contributed by atoms with Crippen LogP contribution in [0.25, 0.3) is 0 Å². The summed E-state index contributed by atoms with van der Waals surface area (Å²) >= 11 is 6.26. The van der Waals surface area contributed by atoms with Crippen molar-refractivity contribution in [2.45, 2.75) is 44.4 Å². The number of nitrogens with one attached hydrogen (secondary N) is 1. The molecule has 0 radical (unpaired) electrons. The van der Waals surface area contributed by atoms with E-state index in [9.17, 15) is 0 Å². The number of piperazine rings is 1. The topological polar surface area (TPSA) is 15.3 Å². The van der Waals surface area contributed by atoms with Crippen molar-refractivity contribution in [1.29, 1.82) is 0 Å². The van der Waals surface area contributed by atoms with Crippen LogP contribution >= 0.6 is 11.6 Å². The van der Waals surface area contributed by atoms with Crippen molar-refractivity contribution in [2.75, 3.05) is 32.7 Å². The molecule has 1 aromatic rings. The van der Waals surface area contributed by atoms with E-state index in [1.54, 1.807) is 0 Å². The summed E-state index contributed by atoms with van der Waals surface area (Å²) in [4.78, 5) is 2.62. The fraction of sp³-hybridized carbons (Fsp3) is 0.684. The standard InChI is InChI=1S/C19H29ClN2/c20-18-8-4-7-17(15-18)19(16-5-2-1-3-6-16)9-12-22-13-10-21-11-14-22/h4,7-8,15-16,19,21H,1-3,5-6,9-14H2. The van der Waals surface area contributed by atoms with Crippen LogP contribution in [0.4, 0.5) is 0 Å². The zero-order chi connectivity index (χ0) is 15.2. The number of hydrogen-bond acceptors (Lipinski definition) is 2. The molecule has 1 unspecified atom stereocenters. The second-order valence-corrected chi connectivity index (χ2v) is 7.38. The molecule has 0 bridgehead atoms. The number of benzene rings is 1. The van der Waals surface area contributed by atoms with E-state index in [0.29, 0.717) is 5.92 Å². The Kier molecular flexibility index (Phi) is 6.17. The van der Waals surface area contributed by atoms with Gasteiger partial charge in [-0.2, -0.15) is 0 Å². The van der Waals surface area contributed by atoms with Crippen molar-refractivity contribution in [1.82, 2.24) is 10.2 Å². The van der Waals surface area contributed by atoms with Crippen LogP contribution in [0.15, 0.2) is 24.3 Å². The van der Waals surface area contributed by atoms with Crippen LogP contribution in [0.3, 0.4) is 0 Å². The lowest BCUT2D eigenvalue weighted by molar-refractivity contribution is 0.211. The lowest BCUT2D eigenvalue weighted by Crippen LogP contribution is -2.44. The molecule has 1 saturated heterocycles. The minimum Gasteiger partial charge on any atom is -0.314 e. The summed E-state index contributed by atoms with van der Waals surface area (Å²) in [6, 6.07) is 8.62. The average molecular weight is 321 g/mol. The Morgan fingerprint density at radius 2 is 1.91 bits per heavy atom. The smallest absolute Gasteiger partial charge is 0.0408 e. The van der Waals surface area contributed by atoms with Gasteiger partial charge in [-0.05, 0) is 55.3 Å². The molecule has 22 heavy (non-hydrogen) atoms. The molecule has 122 valence electrons. The number of nitrogens with zero attached hydrogens (tertiary/aromatic N) is 1. The van der Waals surface area contributed by atoms with Gasteiger partial charge in [0.1, 0.15) is 0 Å². The van der Waals surface area contributed by atoms with Crippen LogP contribution in [-0.2, 0) is 0 Å². The minimum absolute atomic E-state index is 0.689. The maximum atomic E-state index is 6.26. The Morgan fingerprint density at radius 1 is 1.14 bits per heavy atom. The molecule has 0 amide bonds. The molecule has 3 rings (SSSR count). The van der Waals surface area contributed by atoms with E-state index in [-0.39, 0.29) is 0 Å². The second kappa shape index (κ2) is 8.33. The molecule has 2 nitrogen and oxygen atoms in total.